The van der Waals surface area contributed by atoms with E-state index in [1.165, 1.54) is 11.8 Å². The second-order valence-corrected chi connectivity index (χ2v) is 5.12. The Kier molecular flexibility index (Phi) is 2.52. The molecule has 1 fully saturated rings. The molecular formula is C13H10O3S. The second-order valence-electron chi connectivity index (χ2n) is 4.14. The molecule has 1 saturated heterocycles. The van der Waals surface area contributed by atoms with Gasteiger partial charge in [-0.05, 0) is 12.2 Å². The number of hydrogen-bond acceptors (Lipinski definition) is 4. The molecule has 2 aliphatic rings. The van der Waals surface area contributed by atoms with E-state index in [9.17, 15) is 9.59 Å². The van der Waals surface area contributed by atoms with Gasteiger partial charge < -0.3 is 4.42 Å². The van der Waals surface area contributed by atoms with E-state index in [4.69, 9.17) is 4.42 Å². The zero-order valence-electron chi connectivity index (χ0n) is 9.06. The van der Waals surface area contributed by atoms with E-state index in [1.807, 2.05) is 12.2 Å². The number of thioether (sulfide) groups is 1. The number of hydrogen-bond donors (Lipinski definition) is 0. The zero-order valence-corrected chi connectivity index (χ0v) is 9.88. The van der Waals surface area contributed by atoms with Crippen LogP contribution in [0.15, 0.2) is 28.1 Å². The number of ketones is 2. The maximum Gasteiger partial charge on any atom is 0.169 e. The van der Waals surface area contributed by atoms with E-state index >= 15 is 0 Å². The Morgan fingerprint density at radius 3 is 2.00 bits per heavy atom. The van der Waals surface area contributed by atoms with Crippen LogP contribution in [0.3, 0.4) is 0 Å². The average molecular weight is 246 g/mol. The van der Waals surface area contributed by atoms with Crippen molar-refractivity contribution >= 4 is 35.5 Å². The maximum absolute atomic E-state index is 11.9. The van der Waals surface area contributed by atoms with Gasteiger partial charge in [-0.25, -0.2) is 0 Å². The first-order valence-electron chi connectivity index (χ1n) is 5.35. The Balaban J connectivity index is 2.17. The Morgan fingerprint density at radius 2 is 1.47 bits per heavy atom. The number of furan rings is 1. The normalized spacial score (nSPS) is 19.8. The minimum atomic E-state index is 0.113. The van der Waals surface area contributed by atoms with Crippen molar-refractivity contribution in [3.05, 3.63) is 34.8 Å². The SMILES string of the molecule is O=C1CSCC(=O)C2=Cc3cocc3C=C1C2. The van der Waals surface area contributed by atoms with Crippen molar-refractivity contribution in [2.45, 2.75) is 6.42 Å². The van der Waals surface area contributed by atoms with Gasteiger partial charge in [0.2, 0.25) is 0 Å². The lowest BCUT2D eigenvalue weighted by molar-refractivity contribution is -0.113. The van der Waals surface area contributed by atoms with Crippen LogP contribution in [-0.4, -0.2) is 23.1 Å². The average Bonchev–Trinajstić information content (AvgIpc) is 2.64. The summed E-state index contributed by atoms with van der Waals surface area (Å²) in [5, 5.41) is 0. The van der Waals surface area contributed by atoms with Crippen molar-refractivity contribution in [3.63, 3.8) is 0 Å². The minimum Gasteiger partial charge on any atom is -0.471 e. The lowest BCUT2D eigenvalue weighted by Crippen LogP contribution is -2.16. The third-order valence-electron chi connectivity index (χ3n) is 2.95. The van der Waals surface area contributed by atoms with Gasteiger partial charge >= 0.3 is 0 Å². The summed E-state index contributed by atoms with van der Waals surface area (Å²) in [6, 6.07) is 0. The first-order chi connectivity index (χ1) is 8.24. The monoisotopic (exact) mass is 246 g/mol. The van der Waals surface area contributed by atoms with Gasteiger partial charge in [0.15, 0.2) is 11.6 Å². The molecule has 0 N–H and O–H groups in total. The van der Waals surface area contributed by atoms with Crippen molar-refractivity contribution in [2.75, 3.05) is 11.5 Å². The third kappa shape index (κ3) is 1.89. The minimum absolute atomic E-state index is 0.113. The Hall–Kier alpha value is -1.55. The summed E-state index contributed by atoms with van der Waals surface area (Å²) in [7, 11) is 0. The second kappa shape index (κ2) is 4.04. The molecule has 1 aliphatic carbocycles. The van der Waals surface area contributed by atoms with Gasteiger partial charge in [-0.2, -0.15) is 0 Å². The van der Waals surface area contributed by atoms with Gasteiger partial charge in [0, 0.05) is 28.7 Å². The predicted octanol–water partition coefficient (Wildman–Crippen LogP) is 2.34. The van der Waals surface area contributed by atoms with E-state index in [-0.39, 0.29) is 11.6 Å². The van der Waals surface area contributed by atoms with Crippen molar-refractivity contribution in [2.24, 2.45) is 0 Å². The van der Waals surface area contributed by atoms with Crippen LogP contribution >= 0.6 is 11.8 Å². The Labute approximate surface area is 103 Å². The van der Waals surface area contributed by atoms with Gasteiger partial charge in [0.05, 0.1) is 24.0 Å². The summed E-state index contributed by atoms with van der Waals surface area (Å²) < 4.78 is 5.11. The van der Waals surface area contributed by atoms with E-state index in [1.54, 1.807) is 12.5 Å². The number of rotatable bonds is 0. The Morgan fingerprint density at radius 1 is 0.941 bits per heavy atom. The highest BCUT2D eigenvalue weighted by Crippen LogP contribution is 2.30. The fraction of sp³-hybridized carbons (Fsp3) is 0.231. The zero-order chi connectivity index (χ0) is 11.8. The largest absolute Gasteiger partial charge is 0.471 e. The molecule has 1 aromatic rings. The molecule has 0 spiro atoms. The van der Waals surface area contributed by atoms with E-state index in [2.05, 4.69) is 0 Å². The summed E-state index contributed by atoms with van der Waals surface area (Å²) in [5.41, 5.74) is 3.17. The van der Waals surface area contributed by atoms with Crippen LogP contribution in [0.4, 0.5) is 0 Å². The highest BCUT2D eigenvalue weighted by molar-refractivity contribution is 8.00. The van der Waals surface area contributed by atoms with Gasteiger partial charge in [-0.15, -0.1) is 11.8 Å². The molecule has 0 radical (unpaired) electrons. The molecule has 4 heteroatoms. The molecule has 0 saturated carbocycles. The summed E-state index contributed by atoms with van der Waals surface area (Å²) in [5.74, 6) is 1.00. The van der Waals surface area contributed by atoms with Crippen molar-refractivity contribution in [3.8, 4) is 0 Å². The number of allylic oxidation sites excluding steroid dienone is 2. The lowest BCUT2D eigenvalue weighted by Gasteiger charge is -2.11. The number of Topliss-reactive ketones (excluding diaryl/α,β-unsaturated/α-hetero) is 2. The molecule has 0 unspecified atom stereocenters. The van der Waals surface area contributed by atoms with E-state index in [0.717, 1.165) is 11.1 Å². The molecule has 0 atom stereocenters. The van der Waals surface area contributed by atoms with E-state index in [0.29, 0.717) is 29.1 Å². The van der Waals surface area contributed by atoms with Crippen LogP contribution in [0.2, 0.25) is 0 Å². The van der Waals surface area contributed by atoms with E-state index < -0.39 is 0 Å². The molecule has 17 heavy (non-hydrogen) atoms. The molecule has 86 valence electrons. The topological polar surface area (TPSA) is 47.3 Å². The molecule has 3 rings (SSSR count). The standard InChI is InChI=1S/C13H10O3S/c14-12-6-17-7-13(15)9-1-8(12)2-10-4-16-5-11(10)3-9/h2-5H,1,6-7H2. The first kappa shape index (κ1) is 10.6. The van der Waals surface area contributed by atoms with Crippen LogP contribution in [0.1, 0.15) is 17.5 Å². The van der Waals surface area contributed by atoms with Crippen LogP contribution in [0.25, 0.3) is 12.2 Å². The quantitative estimate of drug-likeness (QED) is 0.705. The fourth-order valence-electron chi connectivity index (χ4n) is 2.01. The molecule has 0 amide bonds. The van der Waals surface area contributed by atoms with Crippen LogP contribution < -0.4 is 0 Å². The van der Waals surface area contributed by atoms with Crippen LogP contribution in [-0.2, 0) is 9.59 Å². The lowest BCUT2D eigenvalue weighted by atomic mass is 10.00. The molecule has 2 heterocycles. The molecule has 1 aliphatic heterocycles. The van der Waals surface area contributed by atoms with Crippen LogP contribution in [0, 0.1) is 0 Å². The third-order valence-corrected chi connectivity index (χ3v) is 3.88. The number of fused-ring (bicyclic) bond motifs is 3. The smallest absolute Gasteiger partial charge is 0.169 e. The summed E-state index contributed by atoms with van der Waals surface area (Å²) in [4.78, 5) is 23.8. The van der Waals surface area contributed by atoms with Gasteiger partial charge in [-0.3, -0.25) is 9.59 Å². The van der Waals surface area contributed by atoms with Gasteiger partial charge in [-0.1, -0.05) is 0 Å². The molecule has 3 nitrogen and oxygen atoms in total. The summed E-state index contributed by atoms with van der Waals surface area (Å²) >= 11 is 1.39. The number of carbonyl (C=O) groups is 2. The van der Waals surface area contributed by atoms with Crippen molar-refractivity contribution in [1.29, 1.82) is 0 Å². The fourth-order valence-corrected chi connectivity index (χ4v) is 2.86. The first-order valence-corrected chi connectivity index (χ1v) is 6.51. The Bertz CT molecular complexity index is 516. The van der Waals surface area contributed by atoms with Crippen LogP contribution in [0.5, 0.6) is 0 Å². The van der Waals surface area contributed by atoms with Gasteiger partial charge in [0.25, 0.3) is 0 Å². The highest BCUT2D eigenvalue weighted by Gasteiger charge is 2.23. The highest BCUT2D eigenvalue weighted by atomic mass is 32.2. The maximum atomic E-state index is 11.9. The summed E-state index contributed by atoms with van der Waals surface area (Å²) in [6.45, 7) is 0. The molecule has 2 bridgehead atoms. The van der Waals surface area contributed by atoms with Crippen molar-refractivity contribution < 1.29 is 14.0 Å². The molecule has 1 aromatic heterocycles. The predicted molar refractivity (Wildman–Crippen MR) is 66.6 cm³/mol. The molecule has 0 aromatic carbocycles. The number of carbonyl (C=O) groups excluding carboxylic acids is 2. The molecular weight excluding hydrogens is 236 g/mol. The van der Waals surface area contributed by atoms with Crippen molar-refractivity contribution in [1.82, 2.24) is 0 Å². The summed E-state index contributed by atoms with van der Waals surface area (Å²) in [6.07, 6.45) is 7.34. The van der Waals surface area contributed by atoms with Gasteiger partial charge in [0.1, 0.15) is 0 Å².